The Labute approximate surface area is 150 Å². The minimum absolute atomic E-state index is 0.508. The summed E-state index contributed by atoms with van der Waals surface area (Å²) in [5.74, 6) is 1.40. The third-order valence-corrected chi connectivity index (χ3v) is 4.66. The van der Waals surface area contributed by atoms with Gasteiger partial charge in [0.05, 0.1) is 20.3 Å². The molecule has 1 fully saturated rings. The first-order valence-electron chi connectivity index (χ1n) is 9.01. The van der Waals surface area contributed by atoms with Gasteiger partial charge in [0.1, 0.15) is 5.75 Å². The molecule has 0 spiro atoms. The monoisotopic (exact) mass is 340 g/mol. The summed E-state index contributed by atoms with van der Waals surface area (Å²) in [6.45, 7) is 8.84. The van der Waals surface area contributed by atoms with E-state index in [-0.39, 0.29) is 0 Å². The quantitative estimate of drug-likeness (QED) is 0.851. The molecule has 0 unspecified atom stereocenters. The fourth-order valence-corrected chi connectivity index (χ4v) is 3.17. The minimum atomic E-state index is 0.508. The smallest absolute Gasteiger partial charge is 0.118 e. The highest BCUT2D eigenvalue weighted by atomic mass is 16.5. The average Bonchev–Trinajstić information content (AvgIpc) is 2.67. The standard InChI is InChI=1S/C21H28N2O2/c1-16(2)20-9-6-18(14-21(20)23-10-12-25-13-11-23)22-15-17-4-7-19(24-3)8-5-17/h4-9,14,16,22H,10-13,15H2,1-3H3. The van der Waals surface area contributed by atoms with Crippen molar-refractivity contribution in [3.8, 4) is 5.75 Å². The lowest BCUT2D eigenvalue weighted by atomic mass is 9.99. The van der Waals surface area contributed by atoms with Crippen molar-refractivity contribution < 1.29 is 9.47 Å². The number of hydrogen-bond acceptors (Lipinski definition) is 4. The Bertz CT molecular complexity index is 677. The van der Waals surface area contributed by atoms with E-state index in [2.05, 4.69) is 54.4 Å². The third-order valence-electron chi connectivity index (χ3n) is 4.66. The Hall–Kier alpha value is -2.20. The van der Waals surface area contributed by atoms with Crippen molar-refractivity contribution in [1.82, 2.24) is 0 Å². The van der Waals surface area contributed by atoms with Crippen molar-refractivity contribution in [3.05, 3.63) is 53.6 Å². The van der Waals surface area contributed by atoms with Crippen molar-refractivity contribution in [3.63, 3.8) is 0 Å². The van der Waals surface area contributed by atoms with E-state index < -0.39 is 0 Å². The zero-order valence-electron chi connectivity index (χ0n) is 15.4. The van der Waals surface area contributed by atoms with E-state index in [1.165, 1.54) is 16.8 Å². The maximum absolute atomic E-state index is 5.51. The second-order valence-corrected chi connectivity index (χ2v) is 6.73. The Morgan fingerprint density at radius 1 is 1.08 bits per heavy atom. The highest BCUT2D eigenvalue weighted by molar-refractivity contribution is 5.64. The molecule has 0 atom stereocenters. The van der Waals surface area contributed by atoms with Crippen LogP contribution in [0.1, 0.15) is 30.9 Å². The number of nitrogens with zero attached hydrogens (tertiary/aromatic N) is 1. The number of benzene rings is 2. The van der Waals surface area contributed by atoms with E-state index in [1.807, 2.05) is 12.1 Å². The molecule has 2 aromatic rings. The van der Waals surface area contributed by atoms with E-state index in [9.17, 15) is 0 Å². The maximum atomic E-state index is 5.51. The topological polar surface area (TPSA) is 33.7 Å². The molecule has 0 bridgehead atoms. The molecule has 1 saturated heterocycles. The zero-order valence-corrected chi connectivity index (χ0v) is 15.4. The van der Waals surface area contributed by atoms with Gasteiger partial charge in [-0.05, 0) is 41.3 Å². The molecule has 0 aromatic heterocycles. The Morgan fingerprint density at radius 3 is 2.44 bits per heavy atom. The minimum Gasteiger partial charge on any atom is -0.497 e. The van der Waals surface area contributed by atoms with Crippen LogP contribution in [0.2, 0.25) is 0 Å². The normalized spacial score (nSPS) is 14.6. The van der Waals surface area contributed by atoms with Gasteiger partial charge in [-0.15, -0.1) is 0 Å². The molecule has 134 valence electrons. The summed E-state index contributed by atoms with van der Waals surface area (Å²) in [4.78, 5) is 2.44. The fraction of sp³-hybridized carbons (Fsp3) is 0.429. The van der Waals surface area contributed by atoms with Crippen LogP contribution < -0.4 is 15.0 Å². The van der Waals surface area contributed by atoms with Crippen molar-refractivity contribution in [2.75, 3.05) is 43.6 Å². The highest BCUT2D eigenvalue weighted by Gasteiger charge is 2.17. The van der Waals surface area contributed by atoms with Gasteiger partial charge in [-0.25, -0.2) is 0 Å². The molecule has 25 heavy (non-hydrogen) atoms. The number of morpholine rings is 1. The number of anilines is 2. The molecule has 4 nitrogen and oxygen atoms in total. The molecule has 2 aromatic carbocycles. The van der Waals surface area contributed by atoms with Crippen LogP contribution in [-0.4, -0.2) is 33.4 Å². The number of methoxy groups -OCH3 is 1. The number of ether oxygens (including phenoxy) is 2. The molecule has 0 radical (unpaired) electrons. The van der Waals surface area contributed by atoms with Gasteiger partial charge in [0, 0.05) is 31.0 Å². The second-order valence-electron chi connectivity index (χ2n) is 6.73. The van der Waals surface area contributed by atoms with Crippen LogP contribution in [0, 0.1) is 0 Å². The first-order valence-corrected chi connectivity index (χ1v) is 9.01. The summed E-state index contributed by atoms with van der Waals surface area (Å²) in [6.07, 6.45) is 0. The largest absolute Gasteiger partial charge is 0.497 e. The lowest BCUT2D eigenvalue weighted by Gasteiger charge is -2.32. The molecule has 1 heterocycles. The molecular formula is C21H28N2O2. The first-order chi connectivity index (χ1) is 12.2. The third kappa shape index (κ3) is 4.45. The fourth-order valence-electron chi connectivity index (χ4n) is 3.17. The summed E-state index contributed by atoms with van der Waals surface area (Å²) < 4.78 is 10.7. The Balaban J connectivity index is 1.74. The zero-order chi connectivity index (χ0) is 17.6. The van der Waals surface area contributed by atoms with E-state index in [1.54, 1.807) is 7.11 Å². The van der Waals surface area contributed by atoms with Crippen molar-refractivity contribution in [2.24, 2.45) is 0 Å². The molecule has 0 amide bonds. The predicted molar refractivity (Wildman–Crippen MR) is 104 cm³/mol. The molecule has 1 aliphatic heterocycles. The van der Waals surface area contributed by atoms with E-state index in [4.69, 9.17) is 9.47 Å². The van der Waals surface area contributed by atoms with Crippen molar-refractivity contribution >= 4 is 11.4 Å². The molecule has 1 aliphatic rings. The van der Waals surface area contributed by atoms with Crippen LogP contribution >= 0.6 is 0 Å². The Kier molecular flexibility index (Phi) is 5.82. The first kappa shape index (κ1) is 17.6. The van der Waals surface area contributed by atoms with Gasteiger partial charge in [0.25, 0.3) is 0 Å². The molecular weight excluding hydrogens is 312 g/mol. The molecule has 1 N–H and O–H groups in total. The molecule has 4 heteroatoms. The summed E-state index contributed by atoms with van der Waals surface area (Å²) in [6, 6.07) is 14.9. The van der Waals surface area contributed by atoms with Gasteiger partial charge >= 0.3 is 0 Å². The van der Waals surface area contributed by atoms with Crippen LogP contribution in [0.25, 0.3) is 0 Å². The molecule has 0 aliphatic carbocycles. The SMILES string of the molecule is COc1ccc(CNc2ccc(C(C)C)c(N3CCOCC3)c2)cc1. The summed E-state index contributed by atoms with van der Waals surface area (Å²) in [5.41, 5.74) is 5.12. The summed E-state index contributed by atoms with van der Waals surface area (Å²) in [5, 5.41) is 3.55. The lowest BCUT2D eigenvalue weighted by molar-refractivity contribution is 0.122. The van der Waals surface area contributed by atoms with Gasteiger partial charge in [-0.3, -0.25) is 0 Å². The van der Waals surface area contributed by atoms with Gasteiger partial charge < -0.3 is 19.7 Å². The van der Waals surface area contributed by atoms with Crippen molar-refractivity contribution in [2.45, 2.75) is 26.3 Å². The Morgan fingerprint density at radius 2 is 1.80 bits per heavy atom. The molecule has 0 saturated carbocycles. The lowest BCUT2D eigenvalue weighted by Crippen LogP contribution is -2.36. The van der Waals surface area contributed by atoms with Crippen LogP contribution in [-0.2, 0) is 11.3 Å². The number of rotatable bonds is 6. The van der Waals surface area contributed by atoms with E-state index in [0.717, 1.165) is 44.3 Å². The number of hydrogen-bond donors (Lipinski definition) is 1. The van der Waals surface area contributed by atoms with Crippen LogP contribution in [0.4, 0.5) is 11.4 Å². The number of nitrogens with one attached hydrogen (secondary N) is 1. The van der Waals surface area contributed by atoms with Crippen LogP contribution in [0.15, 0.2) is 42.5 Å². The second kappa shape index (κ2) is 8.26. The molecule has 3 rings (SSSR count). The van der Waals surface area contributed by atoms with E-state index in [0.29, 0.717) is 5.92 Å². The summed E-state index contributed by atoms with van der Waals surface area (Å²) >= 11 is 0. The van der Waals surface area contributed by atoms with Gasteiger partial charge in [0.2, 0.25) is 0 Å². The van der Waals surface area contributed by atoms with Gasteiger partial charge in [-0.1, -0.05) is 32.0 Å². The maximum Gasteiger partial charge on any atom is 0.118 e. The van der Waals surface area contributed by atoms with Crippen LogP contribution in [0.5, 0.6) is 5.75 Å². The average molecular weight is 340 g/mol. The predicted octanol–water partition coefficient (Wildman–Crippen LogP) is 4.27. The summed E-state index contributed by atoms with van der Waals surface area (Å²) in [7, 11) is 1.69. The van der Waals surface area contributed by atoms with Crippen LogP contribution in [0.3, 0.4) is 0 Å². The van der Waals surface area contributed by atoms with Gasteiger partial charge in [0.15, 0.2) is 0 Å². The highest BCUT2D eigenvalue weighted by Crippen LogP contribution is 2.31. The van der Waals surface area contributed by atoms with Gasteiger partial charge in [-0.2, -0.15) is 0 Å². The van der Waals surface area contributed by atoms with Crippen molar-refractivity contribution in [1.29, 1.82) is 0 Å². The van der Waals surface area contributed by atoms with E-state index >= 15 is 0 Å².